The molecule has 2 fully saturated rings. The molecule has 2 aliphatic heterocycles. The van der Waals surface area contributed by atoms with Gasteiger partial charge in [0.1, 0.15) is 18.0 Å². The SMILES string of the molecule is Cc1cc(OCC2(CC(=O)N3CCN(C)CC3)CNCCO2)ccc1Cl. The summed E-state index contributed by atoms with van der Waals surface area (Å²) in [6, 6.07) is 5.59. The predicted molar refractivity (Wildman–Crippen MR) is 102 cm³/mol. The Morgan fingerprint density at radius 1 is 1.35 bits per heavy atom. The van der Waals surface area contributed by atoms with Crippen molar-refractivity contribution in [3.05, 3.63) is 28.8 Å². The van der Waals surface area contributed by atoms with Gasteiger partial charge in [0.15, 0.2) is 0 Å². The highest BCUT2D eigenvalue weighted by atomic mass is 35.5. The van der Waals surface area contributed by atoms with E-state index >= 15 is 0 Å². The fourth-order valence-corrected chi connectivity index (χ4v) is 3.45. The molecule has 2 heterocycles. The van der Waals surface area contributed by atoms with E-state index in [4.69, 9.17) is 21.1 Å². The van der Waals surface area contributed by atoms with E-state index in [0.717, 1.165) is 44.0 Å². The van der Waals surface area contributed by atoms with Crippen molar-refractivity contribution in [1.29, 1.82) is 0 Å². The molecular formula is C19H28ClN3O3. The van der Waals surface area contributed by atoms with Gasteiger partial charge in [-0.1, -0.05) is 11.6 Å². The fraction of sp³-hybridized carbons (Fsp3) is 0.632. The molecule has 144 valence electrons. The molecule has 1 amide bonds. The Morgan fingerprint density at radius 3 is 2.77 bits per heavy atom. The van der Waals surface area contributed by atoms with Crippen molar-refractivity contribution < 1.29 is 14.3 Å². The van der Waals surface area contributed by atoms with Crippen LogP contribution < -0.4 is 10.1 Å². The van der Waals surface area contributed by atoms with Crippen LogP contribution >= 0.6 is 11.6 Å². The highest BCUT2D eigenvalue weighted by Gasteiger charge is 2.38. The lowest BCUT2D eigenvalue weighted by Crippen LogP contribution is -2.57. The lowest BCUT2D eigenvalue weighted by molar-refractivity contribution is -0.147. The number of piperazine rings is 1. The van der Waals surface area contributed by atoms with Gasteiger partial charge in [-0.3, -0.25) is 4.79 Å². The van der Waals surface area contributed by atoms with E-state index in [0.29, 0.717) is 31.2 Å². The minimum absolute atomic E-state index is 0.137. The summed E-state index contributed by atoms with van der Waals surface area (Å²) >= 11 is 6.08. The average molecular weight is 382 g/mol. The third-order valence-electron chi connectivity index (χ3n) is 5.09. The largest absolute Gasteiger partial charge is 0.491 e. The molecule has 1 atom stereocenters. The van der Waals surface area contributed by atoms with Crippen LogP contribution in [0, 0.1) is 6.92 Å². The van der Waals surface area contributed by atoms with Gasteiger partial charge >= 0.3 is 0 Å². The van der Waals surface area contributed by atoms with E-state index in [1.807, 2.05) is 30.0 Å². The number of amides is 1. The Morgan fingerprint density at radius 2 is 2.12 bits per heavy atom. The number of carbonyl (C=O) groups excluding carboxylic acids is 1. The van der Waals surface area contributed by atoms with Crippen molar-refractivity contribution in [2.45, 2.75) is 18.9 Å². The zero-order valence-corrected chi connectivity index (χ0v) is 16.3. The quantitative estimate of drug-likeness (QED) is 0.838. The lowest BCUT2D eigenvalue weighted by atomic mass is 9.97. The maximum atomic E-state index is 12.8. The fourth-order valence-electron chi connectivity index (χ4n) is 3.33. The number of nitrogens with zero attached hydrogens (tertiary/aromatic N) is 2. The van der Waals surface area contributed by atoms with E-state index in [-0.39, 0.29) is 5.91 Å². The summed E-state index contributed by atoms with van der Waals surface area (Å²) in [6.45, 7) is 7.65. The van der Waals surface area contributed by atoms with Gasteiger partial charge in [-0.2, -0.15) is 0 Å². The van der Waals surface area contributed by atoms with Crippen molar-refractivity contribution in [2.75, 3.05) is 59.5 Å². The number of benzene rings is 1. The smallest absolute Gasteiger partial charge is 0.225 e. The predicted octanol–water partition coefficient (Wildman–Crippen LogP) is 1.55. The molecule has 0 spiro atoms. The number of halogens is 1. The molecule has 2 aliphatic rings. The van der Waals surface area contributed by atoms with Crippen LogP contribution in [0.3, 0.4) is 0 Å². The number of carbonyl (C=O) groups is 1. The van der Waals surface area contributed by atoms with Gasteiger partial charge in [0.25, 0.3) is 0 Å². The van der Waals surface area contributed by atoms with Crippen molar-refractivity contribution in [3.8, 4) is 5.75 Å². The Hall–Kier alpha value is -1.34. The minimum Gasteiger partial charge on any atom is -0.491 e. The van der Waals surface area contributed by atoms with Gasteiger partial charge in [0.05, 0.1) is 13.0 Å². The number of hydrogen-bond acceptors (Lipinski definition) is 5. The number of rotatable bonds is 5. The van der Waals surface area contributed by atoms with Crippen LogP contribution in [0.5, 0.6) is 5.75 Å². The van der Waals surface area contributed by atoms with Crippen molar-refractivity contribution >= 4 is 17.5 Å². The van der Waals surface area contributed by atoms with E-state index in [1.165, 1.54) is 0 Å². The van der Waals surface area contributed by atoms with Crippen LogP contribution in [0.1, 0.15) is 12.0 Å². The van der Waals surface area contributed by atoms with Gasteiger partial charge in [-0.05, 0) is 37.7 Å². The summed E-state index contributed by atoms with van der Waals surface area (Å²) in [5.74, 6) is 0.880. The van der Waals surface area contributed by atoms with Crippen LogP contribution in [0.4, 0.5) is 0 Å². The Labute approximate surface area is 160 Å². The van der Waals surface area contributed by atoms with E-state index in [9.17, 15) is 4.79 Å². The molecule has 0 saturated carbocycles. The summed E-state index contributed by atoms with van der Waals surface area (Å²) in [5.41, 5.74) is 0.334. The number of aryl methyl sites for hydroxylation is 1. The third kappa shape index (κ3) is 4.88. The van der Waals surface area contributed by atoms with Crippen LogP contribution in [-0.2, 0) is 9.53 Å². The molecule has 3 rings (SSSR count). The molecule has 0 aromatic heterocycles. The third-order valence-corrected chi connectivity index (χ3v) is 5.52. The summed E-state index contributed by atoms with van der Waals surface area (Å²) in [7, 11) is 2.08. The average Bonchev–Trinajstić information content (AvgIpc) is 2.64. The molecule has 1 unspecified atom stereocenters. The second-order valence-corrected chi connectivity index (χ2v) is 7.68. The highest BCUT2D eigenvalue weighted by Crippen LogP contribution is 2.25. The van der Waals surface area contributed by atoms with Crippen molar-refractivity contribution in [1.82, 2.24) is 15.1 Å². The van der Waals surface area contributed by atoms with E-state index in [2.05, 4.69) is 17.3 Å². The first-order valence-corrected chi connectivity index (χ1v) is 9.55. The van der Waals surface area contributed by atoms with E-state index in [1.54, 1.807) is 0 Å². The molecule has 26 heavy (non-hydrogen) atoms. The number of morpholine rings is 1. The summed E-state index contributed by atoms with van der Waals surface area (Å²) in [5, 5.41) is 4.06. The van der Waals surface area contributed by atoms with Crippen LogP contribution in [-0.4, -0.2) is 80.8 Å². The Bertz CT molecular complexity index is 626. The summed E-state index contributed by atoms with van der Waals surface area (Å²) < 4.78 is 12.0. The normalized spacial score (nSPS) is 24.5. The van der Waals surface area contributed by atoms with E-state index < -0.39 is 5.60 Å². The molecule has 1 N–H and O–H groups in total. The van der Waals surface area contributed by atoms with Gasteiger partial charge in [0.2, 0.25) is 5.91 Å². The molecule has 0 radical (unpaired) electrons. The topological polar surface area (TPSA) is 54.0 Å². The second-order valence-electron chi connectivity index (χ2n) is 7.27. The Kier molecular flexibility index (Phi) is 6.40. The molecule has 2 saturated heterocycles. The monoisotopic (exact) mass is 381 g/mol. The standard InChI is InChI=1S/C19H28ClN3O3/c1-15-11-16(3-4-17(15)20)25-14-19(13-21-5-10-26-19)12-18(24)23-8-6-22(2)7-9-23/h3-4,11,21H,5-10,12-14H2,1-2H3. The Balaban J connectivity index is 1.64. The molecular weight excluding hydrogens is 354 g/mol. The zero-order valence-electron chi connectivity index (χ0n) is 15.6. The highest BCUT2D eigenvalue weighted by molar-refractivity contribution is 6.31. The van der Waals surface area contributed by atoms with Crippen LogP contribution in [0.2, 0.25) is 5.02 Å². The van der Waals surface area contributed by atoms with Gasteiger partial charge in [-0.15, -0.1) is 0 Å². The zero-order chi connectivity index (χ0) is 18.6. The summed E-state index contributed by atoms with van der Waals surface area (Å²) in [4.78, 5) is 17.0. The maximum Gasteiger partial charge on any atom is 0.225 e. The lowest BCUT2D eigenvalue weighted by Gasteiger charge is -2.39. The summed E-state index contributed by atoms with van der Waals surface area (Å²) in [6.07, 6.45) is 0.330. The van der Waals surface area contributed by atoms with Crippen LogP contribution in [0.25, 0.3) is 0 Å². The van der Waals surface area contributed by atoms with Crippen LogP contribution in [0.15, 0.2) is 18.2 Å². The van der Waals surface area contributed by atoms with Crippen molar-refractivity contribution in [3.63, 3.8) is 0 Å². The molecule has 0 aliphatic carbocycles. The van der Waals surface area contributed by atoms with Crippen molar-refractivity contribution in [2.24, 2.45) is 0 Å². The molecule has 6 nitrogen and oxygen atoms in total. The van der Waals surface area contributed by atoms with Gasteiger partial charge < -0.3 is 24.6 Å². The maximum absolute atomic E-state index is 12.8. The first-order chi connectivity index (χ1) is 12.5. The second kappa shape index (κ2) is 8.57. The van der Waals surface area contributed by atoms with Gasteiger partial charge in [-0.25, -0.2) is 0 Å². The first-order valence-electron chi connectivity index (χ1n) is 9.17. The molecule has 0 bridgehead atoms. The number of ether oxygens (including phenoxy) is 2. The minimum atomic E-state index is -0.633. The molecule has 1 aromatic rings. The molecule has 1 aromatic carbocycles. The number of hydrogen-bond donors (Lipinski definition) is 1. The number of nitrogens with one attached hydrogen (secondary N) is 1. The van der Waals surface area contributed by atoms with Gasteiger partial charge in [0, 0.05) is 44.3 Å². The number of likely N-dealkylation sites (N-methyl/N-ethyl adjacent to an activating group) is 1. The first kappa shape index (κ1) is 19.4. The molecule has 7 heteroatoms.